The lowest BCUT2D eigenvalue weighted by atomic mass is 10.1. The molecule has 0 spiro atoms. The van der Waals surface area contributed by atoms with Crippen LogP contribution in [0.1, 0.15) is 80.7 Å². The van der Waals surface area contributed by atoms with Crippen LogP contribution in [0.25, 0.3) is 4.95 Å². The minimum absolute atomic E-state index is 0. The highest BCUT2D eigenvalue weighted by Gasteiger charge is 2.54. The Morgan fingerprint density at radius 1 is 0.291 bits per heavy atom. The second-order valence-corrected chi connectivity index (χ2v) is 36.7. The van der Waals surface area contributed by atoms with Gasteiger partial charge in [0.05, 0.1) is 73.0 Å². The molecular weight excluding hydrogens is 1810 g/mol. The third kappa shape index (κ3) is 24.1. The number of piperazine rings is 6. The number of ether oxygens (including phenoxy) is 14. The number of carbonyl (C=O) groups is 8. The number of fused-ring (bicyclic) bond motifs is 3. The van der Waals surface area contributed by atoms with Gasteiger partial charge in [0.25, 0.3) is 0 Å². The minimum atomic E-state index is -0.655. The molecule has 12 fully saturated rings. The number of anilines is 6. The van der Waals surface area contributed by atoms with Gasteiger partial charge in [0.15, 0.2) is 42.8 Å². The molecule has 20 rings (SSSR count). The predicted molar refractivity (Wildman–Crippen MR) is 520 cm³/mol. The van der Waals surface area contributed by atoms with Crippen LogP contribution in [-0.2, 0) is 56.8 Å². The molecule has 12 atom stereocenters. The Morgan fingerprint density at radius 3 is 0.695 bits per heavy atom. The van der Waals surface area contributed by atoms with Gasteiger partial charge in [-0.3, -0.25) is 0 Å². The Balaban J connectivity index is 0.000000149. The normalized spacial score (nSPS) is 24.2. The van der Waals surface area contributed by atoms with Crippen molar-refractivity contribution in [3.8, 4) is 17.7 Å². The SMILES string of the molecule is C.CN1CCN(c2ccc(C(=O)OC3COC4C(OC(=O)c5ccc(N6CCN(C)CC6)cc5)COC34)cc2)CC1.Cc1ccc(OC(=O)N2CCN(c3ccc(C(=O)OC4COC5C(OC(=O)c6ccc(N7CCN(C(=O)Oc8ccc(C)cc8)CC7)cc6)COC45)cc3)CC2)cc1.[C-]#[N+]N1CCN(c2ccc(C(=O)OC3COC4C(OC(=O)c5ccc(N6CCN(C#N)CC6)cc5)COC34)cc2)CC1. The lowest BCUT2D eigenvalue weighted by Crippen LogP contribution is -2.49. The van der Waals surface area contributed by atoms with Crippen LogP contribution in [-0.4, -0.2) is 362 Å². The first-order chi connectivity index (χ1) is 68.1. The number of hydrogen-bond acceptors (Lipinski definition) is 33. The molecule has 12 aliphatic heterocycles. The first-order valence-corrected chi connectivity index (χ1v) is 47.9. The largest absolute Gasteiger partial charge is 0.453 e. The summed E-state index contributed by atoms with van der Waals surface area (Å²) in [6, 6.07) is 58.7. The van der Waals surface area contributed by atoms with Gasteiger partial charge in [0.1, 0.15) is 61.2 Å². The molecule has 36 nitrogen and oxygen atoms in total. The highest BCUT2D eigenvalue weighted by atomic mass is 16.7. The van der Waals surface area contributed by atoms with Crippen LogP contribution in [0.5, 0.6) is 11.5 Å². The quantitative estimate of drug-likeness (QED) is 0.0296. The van der Waals surface area contributed by atoms with Gasteiger partial charge in [-0.1, -0.05) is 42.8 Å². The van der Waals surface area contributed by atoms with E-state index in [2.05, 4.69) is 64.4 Å². The van der Waals surface area contributed by atoms with E-state index in [0.29, 0.717) is 123 Å². The summed E-state index contributed by atoms with van der Waals surface area (Å²) in [5.74, 6) is -1.73. The van der Waals surface area contributed by atoms with Crippen LogP contribution in [0.2, 0.25) is 0 Å². The van der Waals surface area contributed by atoms with Crippen molar-refractivity contribution in [2.75, 3.05) is 240 Å². The summed E-state index contributed by atoms with van der Waals surface area (Å²) in [6.45, 7) is 30.3. The average Bonchev–Trinajstić information content (AvgIpc) is 1.63. The van der Waals surface area contributed by atoms with Gasteiger partial charge in [-0.05, 0) is 198 Å². The Bertz CT molecular complexity index is 5350. The molecule has 0 aromatic heterocycles. The summed E-state index contributed by atoms with van der Waals surface area (Å²) < 4.78 is 81.1. The first-order valence-electron chi connectivity index (χ1n) is 47.9. The standard InChI is InChI=1S/C44H46N4O10.C30H32N6O6.C30H38N4O6.CH4/c1-29-3-15-35(16-4-29)55-43(51)47-23-19-45(20-24-47)33-11-7-31(8-12-33)41(49)57-37-27-53-40-38(28-54-39(37)40)58-42(50)32-9-13-34(14-10-32)46-21-25-48(26-22-46)44(52)56-36-17-5-30(2)6-18-36;1-32-36-16-14-35(15-17-36)24-8-4-22(5-9-24)30(38)42-26-19-40-27-25(18-39-28(26)27)41-29(37)21-2-6-23(7-3-21)34-12-10-33(20-31)11-13-34;1-31-11-15-33(16-12-31)23-7-3-21(4-8-23)29(35)39-25-19-37-28-26(20-38-27(25)28)40-30(36)22-5-9-24(10-6-22)34-17-13-32(2)14-18-34;/h3-18,37-40H,19-28H2,1-2H3;2-9,25-28H,10-19H2;3-10,25-28H,11-20H2,1-2H3;1H4. The van der Waals surface area contributed by atoms with Crippen LogP contribution < -0.4 is 38.9 Å². The Morgan fingerprint density at radius 2 is 0.489 bits per heavy atom. The molecule has 0 bridgehead atoms. The van der Waals surface area contributed by atoms with E-state index >= 15 is 0 Å². The summed E-state index contributed by atoms with van der Waals surface area (Å²) in [5.41, 5.74) is 10.9. The van der Waals surface area contributed by atoms with Crippen LogP contribution in [0, 0.1) is 31.9 Å². The fraction of sp³-hybridized carbons (Fsp3) is 0.448. The number of nitriles is 1. The summed E-state index contributed by atoms with van der Waals surface area (Å²) >= 11 is 0. The van der Waals surface area contributed by atoms with Crippen molar-refractivity contribution in [2.45, 2.75) is 94.5 Å². The topological polar surface area (TPSA) is 333 Å². The predicted octanol–water partition coefficient (Wildman–Crippen LogP) is 9.66. The third-order valence-electron chi connectivity index (χ3n) is 27.6. The van der Waals surface area contributed by atoms with Crippen molar-refractivity contribution in [1.82, 2.24) is 29.5 Å². The second-order valence-electron chi connectivity index (χ2n) is 36.7. The van der Waals surface area contributed by atoms with Gasteiger partial charge in [-0.2, -0.15) is 16.8 Å². The molecule has 141 heavy (non-hydrogen) atoms. The summed E-state index contributed by atoms with van der Waals surface area (Å²) in [5, 5.41) is 10.8. The Labute approximate surface area is 820 Å². The summed E-state index contributed by atoms with van der Waals surface area (Å²) in [7, 11) is 4.25. The number of hydrogen-bond donors (Lipinski definition) is 0. The molecule has 8 aromatic rings. The van der Waals surface area contributed by atoms with Gasteiger partial charge in [0, 0.05) is 178 Å². The van der Waals surface area contributed by atoms with Crippen molar-refractivity contribution >= 4 is 82.1 Å². The van der Waals surface area contributed by atoms with E-state index in [4.69, 9.17) is 78.2 Å². The van der Waals surface area contributed by atoms with E-state index in [9.17, 15) is 38.4 Å². The first kappa shape index (κ1) is 98.8. The monoisotopic (exact) mass is 1930 g/mol. The number of nitrogens with zero attached hydrogens (tertiary/aromatic N) is 14. The van der Waals surface area contributed by atoms with Gasteiger partial charge in [-0.15, -0.1) is 5.01 Å². The fourth-order valence-electron chi connectivity index (χ4n) is 19.1. The minimum Gasteiger partial charge on any atom is -0.453 e. The lowest BCUT2D eigenvalue weighted by Gasteiger charge is -2.35. The van der Waals surface area contributed by atoms with Crippen molar-refractivity contribution in [2.24, 2.45) is 0 Å². The molecule has 36 heteroatoms. The van der Waals surface area contributed by atoms with E-state index in [0.717, 1.165) is 124 Å². The van der Waals surface area contributed by atoms with Crippen LogP contribution >= 0.6 is 0 Å². The molecule has 0 aliphatic carbocycles. The molecule has 8 aromatic carbocycles. The van der Waals surface area contributed by atoms with Gasteiger partial charge >= 0.3 is 48.0 Å². The van der Waals surface area contributed by atoms with E-state index in [1.54, 1.807) is 117 Å². The van der Waals surface area contributed by atoms with Gasteiger partial charge < -0.3 is 120 Å². The lowest BCUT2D eigenvalue weighted by molar-refractivity contribution is -0.0293. The summed E-state index contributed by atoms with van der Waals surface area (Å²) in [4.78, 5) is 130. The molecule has 12 aliphatic rings. The highest BCUT2D eigenvalue weighted by Crippen LogP contribution is 2.37. The number of amides is 2. The maximum Gasteiger partial charge on any atom is 0.415 e. The van der Waals surface area contributed by atoms with Crippen molar-refractivity contribution < 1.29 is 105 Å². The highest BCUT2D eigenvalue weighted by molar-refractivity contribution is 5.93. The number of aryl methyl sites for hydroxylation is 2. The van der Waals surface area contributed by atoms with E-state index in [1.165, 1.54) is 0 Å². The van der Waals surface area contributed by atoms with Crippen molar-refractivity contribution in [3.05, 3.63) is 250 Å². The second kappa shape index (κ2) is 45.6. The molecule has 2 amide bonds. The zero-order chi connectivity index (χ0) is 96.9. The Kier molecular flexibility index (Phi) is 32.0. The van der Waals surface area contributed by atoms with Crippen LogP contribution in [0.3, 0.4) is 0 Å². The zero-order valence-corrected chi connectivity index (χ0v) is 78.9. The van der Waals surface area contributed by atoms with E-state index < -0.39 is 109 Å². The number of esters is 6. The number of rotatable bonds is 20. The molecule has 0 saturated carbocycles. The molecule has 12 heterocycles. The van der Waals surface area contributed by atoms with E-state index in [1.807, 2.05) is 111 Å². The van der Waals surface area contributed by atoms with Crippen LogP contribution in [0.4, 0.5) is 43.7 Å². The van der Waals surface area contributed by atoms with Crippen molar-refractivity contribution in [3.63, 3.8) is 0 Å². The third-order valence-corrected chi connectivity index (χ3v) is 27.6. The number of likely N-dealkylation sites (N-methyl/N-ethyl adjacent to an activating group) is 2. The Hall–Kier alpha value is -13.8. The fourth-order valence-corrected chi connectivity index (χ4v) is 19.1. The molecule has 12 saturated heterocycles. The summed E-state index contributed by atoms with van der Waals surface area (Å²) in [6.07, 6.45) is -5.28. The number of benzene rings is 8. The molecule has 0 radical (unpaired) electrons. The molecule has 0 N–H and O–H groups in total. The van der Waals surface area contributed by atoms with Crippen LogP contribution in [0.15, 0.2) is 194 Å². The number of carbonyl (C=O) groups excluding carboxylic acids is 8. The van der Waals surface area contributed by atoms with Crippen molar-refractivity contribution in [1.29, 1.82) is 5.26 Å². The van der Waals surface area contributed by atoms with E-state index in [-0.39, 0.29) is 59.3 Å². The zero-order valence-electron chi connectivity index (χ0n) is 78.9. The smallest absolute Gasteiger partial charge is 0.415 e. The molecule has 12 unspecified atom stereocenters. The molecular formula is C105H120N14O22. The van der Waals surface area contributed by atoms with Gasteiger partial charge in [0.2, 0.25) is 0 Å². The molecule has 742 valence electrons. The van der Waals surface area contributed by atoms with Gasteiger partial charge in [-0.25, -0.2) is 38.4 Å². The maximum atomic E-state index is 13.2. The maximum absolute atomic E-state index is 13.2. The average molecular weight is 1930 g/mol.